The number of aromatic nitrogens is 5. The third kappa shape index (κ3) is 3.83. The number of fused-ring (bicyclic) bond motifs is 3. The molecular weight excluding hydrogens is 452 g/mol. The normalized spacial score (nSPS) is 26.9. The Hall–Kier alpha value is -2.44. The number of imidazole rings is 1. The van der Waals surface area contributed by atoms with Gasteiger partial charge in [-0.05, 0) is 19.9 Å². The van der Waals surface area contributed by atoms with Gasteiger partial charge in [-0.2, -0.15) is 10.1 Å². The summed E-state index contributed by atoms with van der Waals surface area (Å²) < 4.78 is 19.0. The molecule has 3 N–H and O–H groups in total. The average molecular weight is 477 g/mol. The standard InChI is InChI=1S/C21H25ClN6O5/c1-21(2,30)9-28-5-10-4-27(6-13(10)26-28)19-11(22)3-12-18(24-19)25-20(23-12)33-15-8-32-16-14(29)7-31-17(15)16/h3,5,14-17,29-30H,4,6-9H2,1-2H3,(H,23,24,25)/t14?,15?,16-,17-/m1/s1. The molecule has 4 atom stereocenters. The van der Waals surface area contributed by atoms with Gasteiger partial charge in [0.15, 0.2) is 17.6 Å². The highest BCUT2D eigenvalue weighted by Crippen LogP contribution is 2.34. The molecule has 12 heteroatoms. The van der Waals surface area contributed by atoms with E-state index < -0.39 is 11.7 Å². The van der Waals surface area contributed by atoms with Crippen LogP contribution in [0, 0.1) is 0 Å². The summed E-state index contributed by atoms with van der Waals surface area (Å²) in [5.41, 5.74) is 2.35. The lowest BCUT2D eigenvalue weighted by Gasteiger charge is -2.19. The lowest BCUT2D eigenvalue weighted by molar-refractivity contribution is 0.00706. The molecule has 2 fully saturated rings. The van der Waals surface area contributed by atoms with Crippen LogP contribution in [0.4, 0.5) is 5.82 Å². The van der Waals surface area contributed by atoms with Gasteiger partial charge in [0.05, 0.1) is 48.1 Å². The minimum absolute atomic E-state index is 0.239. The number of aliphatic hydroxyl groups is 2. The molecule has 3 aromatic rings. The topological polar surface area (TPSA) is 131 Å². The maximum Gasteiger partial charge on any atom is 0.296 e. The van der Waals surface area contributed by atoms with Gasteiger partial charge in [-0.25, -0.2) is 4.98 Å². The zero-order valence-corrected chi connectivity index (χ0v) is 19.0. The van der Waals surface area contributed by atoms with Gasteiger partial charge < -0.3 is 34.3 Å². The number of rotatable bonds is 5. The molecule has 2 unspecified atom stereocenters. The van der Waals surface area contributed by atoms with E-state index in [2.05, 4.69) is 20.1 Å². The van der Waals surface area contributed by atoms with Crippen molar-refractivity contribution in [3.63, 3.8) is 0 Å². The Kier molecular flexibility index (Phi) is 4.82. The van der Waals surface area contributed by atoms with Crippen molar-refractivity contribution in [3.8, 4) is 6.01 Å². The molecule has 0 aliphatic carbocycles. The molecule has 176 valence electrons. The van der Waals surface area contributed by atoms with E-state index in [1.54, 1.807) is 24.6 Å². The van der Waals surface area contributed by atoms with Crippen LogP contribution in [-0.2, 0) is 29.1 Å². The quantitative estimate of drug-likeness (QED) is 0.493. The van der Waals surface area contributed by atoms with E-state index in [4.69, 9.17) is 25.8 Å². The molecule has 0 amide bonds. The smallest absolute Gasteiger partial charge is 0.296 e. The van der Waals surface area contributed by atoms with Crippen molar-refractivity contribution in [2.75, 3.05) is 18.1 Å². The minimum atomic E-state index is -0.829. The van der Waals surface area contributed by atoms with Crippen molar-refractivity contribution in [1.82, 2.24) is 24.7 Å². The lowest BCUT2D eigenvalue weighted by Crippen LogP contribution is -2.34. The summed E-state index contributed by atoms with van der Waals surface area (Å²) in [4.78, 5) is 14.3. The number of ether oxygens (including phenoxy) is 3. The van der Waals surface area contributed by atoms with Crippen molar-refractivity contribution in [2.24, 2.45) is 0 Å². The number of aliphatic hydroxyl groups excluding tert-OH is 1. The van der Waals surface area contributed by atoms with Crippen LogP contribution in [0.3, 0.4) is 0 Å². The molecular formula is C21H25ClN6O5. The Morgan fingerprint density at radius 1 is 1.24 bits per heavy atom. The first kappa shape index (κ1) is 21.1. The van der Waals surface area contributed by atoms with Crippen LogP contribution in [-0.4, -0.2) is 78.2 Å². The third-order valence-corrected chi connectivity index (χ3v) is 6.38. The summed E-state index contributed by atoms with van der Waals surface area (Å²) in [6.45, 7) is 5.70. The van der Waals surface area contributed by atoms with Crippen molar-refractivity contribution >= 4 is 28.6 Å². The average Bonchev–Trinajstić information content (AvgIpc) is 3.49. The van der Waals surface area contributed by atoms with Gasteiger partial charge in [-0.1, -0.05) is 11.6 Å². The highest BCUT2D eigenvalue weighted by atomic mass is 35.5. The van der Waals surface area contributed by atoms with Gasteiger partial charge >= 0.3 is 0 Å². The summed E-state index contributed by atoms with van der Waals surface area (Å²) in [6.07, 6.45) is 0.264. The Morgan fingerprint density at radius 2 is 2.06 bits per heavy atom. The van der Waals surface area contributed by atoms with Gasteiger partial charge in [0.25, 0.3) is 6.01 Å². The summed E-state index contributed by atoms with van der Waals surface area (Å²) in [5.74, 6) is 0.626. The van der Waals surface area contributed by atoms with E-state index in [1.807, 2.05) is 11.1 Å². The number of H-pyrrole nitrogens is 1. The largest absolute Gasteiger partial charge is 0.456 e. The first-order valence-electron chi connectivity index (χ1n) is 10.9. The maximum absolute atomic E-state index is 10.0. The van der Waals surface area contributed by atoms with Crippen LogP contribution in [0.15, 0.2) is 12.3 Å². The fraction of sp³-hybridized carbons (Fsp3) is 0.571. The highest BCUT2D eigenvalue weighted by molar-refractivity contribution is 6.33. The van der Waals surface area contributed by atoms with Crippen LogP contribution in [0.2, 0.25) is 5.02 Å². The maximum atomic E-state index is 10.0. The van der Waals surface area contributed by atoms with Gasteiger partial charge in [-0.15, -0.1) is 0 Å². The molecule has 0 aromatic carbocycles. The fourth-order valence-electron chi connectivity index (χ4n) is 4.69. The molecule has 3 aliphatic heterocycles. The van der Waals surface area contributed by atoms with Crippen LogP contribution in [0.5, 0.6) is 6.01 Å². The number of hydrogen-bond acceptors (Lipinski definition) is 9. The summed E-state index contributed by atoms with van der Waals surface area (Å²) in [7, 11) is 0. The number of hydrogen-bond donors (Lipinski definition) is 3. The molecule has 11 nitrogen and oxygen atoms in total. The number of anilines is 1. The van der Waals surface area contributed by atoms with Crippen molar-refractivity contribution in [1.29, 1.82) is 0 Å². The number of aromatic amines is 1. The summed E-state index contributed by atoms with van der Waals surface area (Å²) in [6, 6.07) is 2.09. The van der Waals surface area contributed by atoms with E-state index in [-0.39, 0.29) is 24.9 Å². The molecule has 2 saturated heterocycles. The van der Waals surface area contributed by atoms with E-state index in [9.17, 15) is 10.2 Å². The van der Waals surface area contributed by atoms with Gasteiger partial charge in [0.2, 0.25) is 0 Å². The van der Waals surface area contributed by atoms with Crippen molar-refractivity contribution in [3.05, 3.63) is 28.5 Å². The fourth-order valence-corrected chi connectivity index (χ4v) is 4.96. The highest BCUT2D eigenvalue weighted by Gasteiger charge is 2.48. The zero-order chi connectivity index (χ0) is 22.9. The van der Waals surface area contributed by atoms with Gasteiger partial charge in [0.1, 0.15) is 18.3 Å². The molecule has 3 aromatic heterocycles. The van der Waals surface area contributed by atoms with E-state index in [0.717, 1.165) is 11.3 Å². The first-order chi connectivity index (χ1) is 15.7. The van der Waals surface area contributed by atoms with Crippen LogP contribution in [0.25, 0.3) is 11.2 Å². The summed E-state index contributed by atoms with van der Waals surface area (Å²) >= 11 is 6.56. The van der Waals surface area contributed by atoms with E-state index in [1.165, 1.54) is 0 Å². The Balaban J connectivity index is 1.19. The monoisotopic (exact) mass is 476 g/mol. The molecule has 0 spiro atoms. The third-order valence-electron chi connectivity index (χ3n) is 6.11. The zero-order valence-electron chi connectivity index (χ0n) is 18.2. The molecule has 6 rings (SSSR count). The molecule has 0 bridgehead atoms. The van der Waals surface area contributed by atoms with E-state index in [0.29, 0.717) is 54.3 Å². The molecule has 33 heavy (non-hydrogen) atoms. The SMILES string of the molecule is CC(C)(O)Cn1cc2c(n1)CN(c1nc3nc(OC4CO[C@@H]5C(O)CO[C@H]45)[nH]c3cc1Cl)C2. The van der Waals surface area contributed by atoms with E-state index >= 15 is 0 Å². The van der Waals surface area contributed by atoms with Crippen molar-refractivity contribution < 1.29 is 24.4 Å². The second kappa shape index (κ2) is 7.54. The van der Waals surface area contributed by atoms with Crippen LogP contribution in [0.1, 0.15) is 25.1 Å². The molecule has 0 saturated carbocycles. The first-order valence-corrected chi connectivity index (χ1v) is 11.3. The molecule has 6 heterocycles. The molecule has 3 aliphatic rings. The van der Waals surface area contributed by atoms with Crippen LogP contribution < -0.4 is 9.64 Å². The lowest BCUT2D eigenvalue weighted by atomic mass is 10.1. The Labute approximate surface area is 194 Å². The number of nitrogens with zero attached hydrogens (tertiary/aromatic N) is 5. The van der Waals surface area contributed by atoms with Crippen LogP contribution >= 0.6 is 11.6 Å². The second-order valence-electron chi connectivity index (χ2n) is 9.49. The second-order valence-corrected chi connectivity index (χ2v) is 9.90. The summed E-state index contributed by atoms with van der Waals surface area (Å²) in [5, 5.41) is 25.0. The number of halogens is 1. The minimum Gasteiger partial charge on any atom is -0.456 e. The van der Waals surface area contributed by atoms with Crippen molar-refractivity contribution in [2.45, 2.75) is 63.5 Å². The number of pyridine rings is 1. The Morgan fingerprint density at radius 3 is 2.85 bits per heavy atom. The predicted octanol–water partition coefficient (Wildman–Crippen LogP) is 1.00. The predicted molar refractivity (Wildman–Crippen MR) is 117 cm³/mol. The van der Waals surface area contributed by atoms with Gasteiger partial charge in [0, 0.05) is 18.3 Å². The number of nitrogens with one attached hydrogen (secondary N) is 1. The van der Waals surface area contributed by atoms with Gasteiger partial charge in [-0.3, -0.25) is 4.68 Å². The Bertz CT molecular complexity index is 1180. The molecule has 0 radical (unpaired) electrons.